The van der Waals surface area contributed by atoms with E-state index in [4.69, 9.17) is 5.26 Å². The number of aryl methyl sites for hydroxylation is 1. The SMILES string of the molecule is CCn1c(=O)n(C2CC(C#N)C2)c2nc(SC)ncc21. The van der Waals surface area contributed by atoms with Crippen LogP contribution in [-0.4, -0.2) is 25.4 Å². The van der Waals surface area contributed by atoms with Crippen LogP contribution in [0.5, 0.6) is 0 Å². The molecule has 0 amide bonds. The summed E-state index contributed by atoms with van der Waals surface area (Å²) in [5.74, 6) is 0.0637. The first-order valence-corrected chi connectivity index (χ1v) is 7.83. The first-order valence-electron chi connectivity index (χ1n) is 6.61. The van der Waals surface area contributed by atoms with Crippen LogP contribution in [0.2, 0.25) is 0 Å². The Hall–Kier alpha value is -1.81. The summed E-state index contributed by atoms with van der Waals surface area (Å²) in [4.78, 5) is 21.3. The van der Waals surface area contributed by atoms with Gasteiger partial charge in [-0.2, -0.15) is 5.26 Å². The number of thioether (sulfide) groups is 1. The van der Waals surface area contributed by atoms with Crippen LogP contribution >= 0.6 is 11.8 Å². The van der Waals surface area contributed by atoms with Crippen molar-refractivity contribution < 1.29 is 0 Å². The summed E-state index contributed by atoms with van der Waals surface area (Å²) in [6.45, 7) is 2.53. The number of aromatic nitrogens is 4. The Morgan fingerprint density at radius 2 is 2.30 bits per heavy atom. The van der Waals surface area contributed by atoms with E-state index < -0.39 is 0 Å². The highest BCUT2D eigenvalue weighted by atomic mass is 32.2. The van der Waals surface area contributed by atoms with E-state index in [0.717, 1.165) is 18.4 Å². The molecule has 2 aromatic heterocycles. The van der Waals surface area contributed by atoms with E-state index in [2.05, 4.69) is 16.0 Å². The summed E-state index contributed by atoms with van der Waals surface area (Å²) in [6.07, 6.45) is 5.10. The Kier molecular flexibility index (Phi) is 3.26. The van der Waals surface area contributed by atoms with Gasteiger partial charge in [0.15, 0.2) is 10.8 Å². The molecule has 3 rings (SSSR count). The van der Waals surface area contributed by atoms with Gasteiger partial charge < -0.3 is 0 Å². The Labute approximate surface area is 120 Å². The molecule has 0 aliphatic heterocycles. The van der Waals surface area contributed by atoms with Gasteiger partial charge in [0.2, 0.25) is 0 Å². The maximum Gasteiger partial charge on any atom is 0.330 e. The molecule has 2 aromatic rings. The molecule has 0 radical (unpaired) electrons. The molecule has 1 fully saturated rings. The predicted molar refractivity (Wildman–Crippen MR) is 76.6 cm³/mol. The van der Waals surface area contributed by atoms with Gasteiger partial charge in [0.25, 0.3) is 0 Å². The number of nitrogens with zero attached hydrogens (tertiary/aromatic N) is 5. The molecule has 1 aliphatic rings. The molecule has 0 N–H and O–H groups in total. The lowest BCUT2D eigenvalue weighted by atomic mass is 9.81. The largest absolute Gasteiger partial charge is 0.330 e. The van der Waals surface area contributed by atoms with Gasteiger partial charge in [-0.05, 0) is 26.0 Å². The summed E-state index contributed by atoms with van der Waals surface area (Å²) in [5, 5.41) is 9.56. The van der Waals surface area contributed by atoms with E-state index in [-0.39, 0.29) is 17.6 Å². The Balaban J connectivity index is 2.17. The Bertz CT molecular complexity index is 750. The van der Waals surface area contributed by atoms with Crippen molar-refractivity contribution >= 4 is 22.9 Å². The van der Waals surface area contributed by atoms with Gasteiger partial charge in [0.05, 0.1) is 18.2 Å². The zero-order chi connectivity index (χ0) is 14.3. The number of hydrogen-bond donors (Lipinski definition) is 0. The van der Waals surface area contributed by atoms with Crippen LogP contribution in [-0.2, 0) is 6.54 Å². The third-order valence-electron chi connectivity index (χ3n) is 3.84. The van der Waals surface area contributed by atoms with Crippen molar-refractivity contribution in [3.8, 4) is 6.07 Å². The quantitative estimate of drug-likeness (QED) is 0.636. The molecule has 7 heteroatoms. The molecular formula is C13H15N5OS. The molecule has 0 unspecified atom stereocenters. The molecule has 20 heavy (non-hydrogen) atoms. The first kappa shape index (κ1) is 13.2. The highest BCUT2D eigenvalue weighted by Crippen LogP contribution is 2.37. The summed E-state index contributed by atoms with van der Waals surface area (Å²) in [6, 6.07) is 2.34. The van der Waals surface area contributed by atoms with E-state index in [1.54, 1.807) is 15.3 Å². The second-order valence-electron chi connectivity index (χ2n) is 4.91. The smallest absolute Gasteiger partial charge is 0.289 e. The van der Waals surface area contributed by atoms with Gasteiger partial charge >= 0.3 is 5.69 Å². The Morgan fingerprint density at radius 3 is 2.90 bits per heavy atom. The molecule has 0 aromatic carbocycles. The van der Waals surface area contributed by atoms with Crippen LogP contribution < -0.4 is 5.69 Å². The lowest BCUT2D eigenvalue weighted by Crippen LogP contribution is -2.34. The molecule has 2 heterocycles. The number of rotatable bonds is 3. The van der Waals surface area contributed by atoms with Gasteiger partial charge in [0, 0.05) is 12.6 Å². The minimum absolute atomic E-state index is 0.0450. The highest BCUT2D eigenvalue weighted by Gasteiger charge is 2.33. The minimum atomic E-state index is -0.0450. The second-order valence-corrected chi connectivity index (χ2v) is 5.69. The van der Waals surface area contributed by atoms with Gasteiger partial charge in [-0.1, -0.05) is 11.8 Å². The monoisotopic (exact) mass is 289 g/mol. The topological polar surface area (TPSA) is 76.5 Å². The van der Waals surface area contributed by atoms with Crippen molar-refractivity contribution in [3.63, 3.8) is 0 Å². The first-order chi connectivity index (χ1) is 9.69. The molecule has 0 spiro atoms. The van der Waals surface area contributed by atoms with Crippen LogP contribution in [0.15, 0.2) is 16.1 Å². The average Bonchev–Trinajstić information content (AvgIpc) is 2.69. The van der Waals surface area contributed by atoms with Crippen molar-refractivity contribution in [2.24, 2.45) is 5.92 Å². The lowest BCUT2D eigenvalue weighted by molar-refractivity contribution is 0.246. The van der Waals surface area contributed by atoms with E-state index in [0.29, 0.717) is 17.3 Å². The molecule has 104 valence electrons. The number of fused-ring (bicyclic) bond motifs is 1. The van der Waals surface area contributed by atoms with Crippen molar-refractivity contribution in [1.29, 1.82) is 5.26 Å². The fourth-order valence-corrected chi connectivity index (χ4v) is 3.02. The molecule has 0 saturated heterocycles. The van der Waals surface area contributed by atoms with Crippen LogP contribution in [0, 0.1) is 17.2 Å². The van der Waals surface area contributed by atoms with Crippen molar-refractivity contribution in [1.82, 2.24) is 19.1 Å². The lowest BCUT2D eigenvalue weighted by Gasteiger charge is -2.31. The van der Waals surface area contributed by atoms with Crippen LogP contribution in [0.3, 0.4) is 0 Å². The zero-order valence-electron chi connectivity index (χ0n) is 11.4. The van der Waals surface area contributed by atoms with Crippen LogP contribution in [0.4, 0.5) is 0 Å². The van der Waals surface area contributed by atoms with E-state index in [1.807, 2.05) is 13.2 Å². The Morgan fingerprint density at radius 1 is 1.55 bits per heavy atom. The zero-order valence-corrected chi connectivity index (χ0v) is 12.2. The van der Waals surface area contributed by atoms with E-state index in [1.165, 1.54) is 11.8 Å². The third-order valence-corrected chi connectivity index (χ3v) is 4.41. The molecule has 1 aliphatic carbocycles. The number of hydrogen-bond acceptors (Lipinski definition) is 5. The molecule has 1 saturated carbocycles. The molecule has 6 nitrogen and oxygen atoms in total. The van der Waals surface area contributed by atoms with Crippen molar-refractivity contribution in [2.75, 3.05) is 6.26 Å². The molecule has 0 atom stereocenters. The van der Waals surface area contributed by atoms with Gasteiger partial charge in [-0.3, -0.25) is 9.13 Å². The van der Waals surface area contributed by atoms with Crippen molar-refractivity contribution in [3.05, 3.63) is 16.7 Å². The summed E-state index contributed by atoms with van der Waals surface area (Å²) in [5.41, 5.74) is 1.42. The summed E-state index contributed by atoms with van der Waals surface area (Å²) >= 11 is 1.46. The second kappa shape index (κ2) is 4.94. The fraction of sp³-hybridized carbons (Fsp3) is 0.538. The van der Waals surface area contributed by atoms with Gasteiger partial charge in [0.1, 0.15) is 5.52 Å². The van der Waals surface area contributed by atoms with Gasteiger partial charge in [-0.15, -0.1) is 0 Å². The molecule has 0 bridgehead atoms. The fourth-order valence-electron chi connectivity index (χ4n) is 2.68. The van der Waals surface area contributed by atoms with E-state index in [9.17, 15) is 4.79 Å². The maximum atomic E-state index is 12.5. The molecular weight excluding hydrogens is 274 g/mol. The van der Waals surface area contributed by atoms with Crippen LogP contribution in [0.1, 0.15) is 25.8 Å². The van der Waals surface area contributed by atoms with Gasteiger partial charge in [-0.25, -0.2) is 14.8 Å². The minimum Gasteiger partial charge on any atom is -0.289 e. The van der Waals surface area contributed by atoms with Crippen LogP contribution in [0.25, 0.3) is 11.2 Å². The number of imidazole rings is 1. The summed E-state index contributed by atoms with van der Waals surface area (Å²) < 4.78 is 3.44. The van der Waals surface area contributed by atoms with Crippen molar-refractivity contribution in [2.45, 2.75) is 37.5 Å². The number of nitriles is 1. The highest BCUT2D eigenvalue weighted by molar-refractivity contribution is 7.98. The third kappa shape index (κ3) is 1.83. The standard InChI is InChI=1S/C13H15N5OS/c1-3-17-10-7-15-12(20-2)16-11(10)18(13(17)19)9-4-8(5-9)6-14/h7-9H,3-5H2,1-2H3. The van der Waals surface area contributed by atoms with E-state index >= 15 is 0 Å². The summed E-state index contributed by atoms with van der Waals surface area (Å²) in [7, 11) is 0. The normalized spacial score (nSPS) is 21.6. The predicted octanol–water partition coefficient (Wildman–Crippen LogP) is 1.81. The maximum absolute atomic E-state index is 12.5. The average molecular weight is 289 g/mol.